The van der Waals surface area contributed by atoms with Crippen molar-refractivity contribution in [2.24, 2.45) is 0 Å². The standard InChI is InChI=1S/C19H19FN4OS/c1-12-4-5-13(9-15(12)20)19(25)21-14-6-7-24(11-14)18-10-16(22-23-18)17-3-2-8-26-17/h2-5,8-10,14H,6-7,11H2,1H3,(H,21,25)(H,22,23)/t14-/m1/s1. The van der Waals surface area contributed by atoms with E-state index in [9.17, 15) is 9.18 Å². The molecule has 5 nitrogen and oxygen atoms in total. The number of aromatic amines is 1. The summed E-state index contributed by atoms with van der Waals surface area (Å²) in [4.78, 5) is 15.6. The molecule has 134 valence electrons. The summed E-state index contributed by atoms with van der Waals surface area (Å²) in [5.41, 5.74) is 1.89. The van der Waals surface area contributed by atoms with Crippen LogP contribution in [0.15, 0.2) is 41.8 Å². The molecule has 3 aromatic rings. The van der Waals surface area contributed by atoms with Crippen molar-refractivity contribution in [3.8, 4) is 10.6 Å². The van der Waals surface area contributed by atoms with Crippen LogP contribution in [0.1, 0.15) is 22.3 Å². The molecule has 1 aliphatic heterocycles. The van der Waals surface area contributed by atoms with Gasteiger partial charge in [-0.25, -0.2) is 4.39 Å². The number of rotatable bonds is 4. The molecule has 1 aliphatic rings. The van der Waals surface area contributed by atoms with Gasteiger partial charge in [0.2, 0.25) is 0 Å². The van der Waals surface area contributed by atoms with E-state index in [-0.39, 0.29) is 17.8 Å². The van der Waals surface area contributed by atoms with Crippen molar-refractivity contribution in [3.05, 3.63) is 58.7 Å². The second-order valence-corrected chi connectivity index (χ2v) is 7.43. The van der Waals surface area contributed by atoms with E-state index in [4.69, 9.17) is 0 Å². The first kappa shape index (κ1) is 16.8. The summed E-state index contributed by atoms with van der Waals surface area (Å²) in [6.45, 7) is 3.19. The summed E-state index contributed by atoms with van der Waals surface area (Å²) in [5.74, 6) is 0.284. The molecule has 0 saturated carbocycles. The van der Waals surface area contributed by atoms with Crippen LogP contribution in [-0.2, 0) is 0 Å². The van der Waals surface area contributed by atoms with Crippen LogP contribution in [0.3, 0.4) is 0 Å². The highest BCUT2D eigenvalue weighted by atomic mass is 32.1. The highest BCUT2D eigenvalue weighted by Crippen LogP contribution is 2.27. The number of amides is 1. The average molecular weight is 370 g/mol. The molecule has 1 atom stereocenters. The average Bonchev–Trinajstić information content (AvgIpc) is 3.37. The SMILES string of the molecule is Cc1ccc(C(=O)N[C@@H]2CCN(c3cc(-c4cccs4)[nH]n3)C2)cc1F. The predicted octanol–water partition coefficient (Wildman–Crippen LogP) is 3.59. The molecule has 3 heterocycles. The van der Waals surface area contributed by atoms with Gasteiger partial charge in [0, 0.05) is 30.8 Å². The molecule has 0 bridgehead atoms. The number of aryl methyl sites for hydroxylation is 1. The van der Waals surface area contributed by atoms with E-state index >= 15 is 0 Å². The molecule has 26 heavy (non-hydrogen) atoms. The lowest BCUT2D eigenvalue weighted by atomic mass is 10.1. The van der Waals surface area contributed by atoms with Crippen molar-refractivity contribution in [1.29, 1.82) is 0 Å². The van der Waals surface area contributed by atoms with Crippen molar-refractivity contribution >= 4 is 23.1 Å². The Morgan fingerprint density at radius 1 is 1.38 bits per heavy atom. The quantitative estimate of drug-likeness (QED) is 0.738. The Bertz CT molecular complexity index is 922. The largest absolute Gasteiger partial charge is 0.353 e. The number of thiophene rings is 1. The van der Waals surface area contributed by atoms with Gasteiger partial charge < -0.3 is 10.2 Å². The summed E-state index contributed by atoms with van der Waals surface area (Å²) in [5, 5.41) is 12.5. The maximum absolute atomic E-state index is 13.7. The van der Waals surface area contributed by atoms with E-state index in [1.54, 1.807) is 30.4 Å². The Morgan fingerprint density at radius 3 is 3.04 bits per heavy atom. The lowest BCUT2D eigenvalue weighted by Gasteiger charge is -2.16. The molecule has 0 unspecified atom stereocenters. The number of nitrogens with one attached hydrogen (secondary N) is 2. The van der Waals surface area contributed by atoms with E-state index in [0.29, 0.717) is 17.7 Å². The Hall–Kier alpha value is -2.67. The Balaban J connectivity index is 1.39. The summed E-state index contributed by atoms with van der Waals surface area (Å²) in [6, 6.07) is 10.7. The van der Waals surface area contributed by atoms with Gasteiger partial charge in [-0.2, -0.15) is 5.10 Å². The zero-order chi connectivity index (χ0) is 18.1. The van der Waals surface area contributed by atoms with Crippen molar-refractivity contribution in [3.63, 3.8) is 0 Å². The number of benzene rings is 1. The normalized spacial score (nSPS) is 16.8. The molecule has 1 saturated heterocycles. The summed E-state index contributed by atoms with van der Waals surface area (Å²) in [7, 11) is 0. The predicted molar refractivity (Wildman–Crippen MR) is 101 cm³/mol. The number of H-pyrrole nitrogens is 1. The van der Waals surface area contributed by atoms with Crippen LogP contribution in [0.5, 0.6) is 0 Å². The number of carbonyl (C=O) groups is 1. The Kier molecular flexibility index (Phi) is 4.46. The first-order valence-corrected chi connectivity index (χ1v) is 9.39. The van der Waals surface area contributed by atoms with Gasteiger partial charge in [-0.3, -0.25) is 9.89 Å². The fourth-order valence-electron chi connectivity index (χ4n) is 3.12. The smallest absolute Gasteiger partial charge is 0.251 e. The maximum atomic E-state index is 13.7. The molecular weight excluding hydrogens is 351 g/mol. The minimum Gasteiger partial charge on any atom is -0.353 e. The van der Waals surface area contributed by atoms with Gasteiger partial charge in [-0.15, -0.1) is 11.3 Å². The third-order valence-corrected chi connectivity index (χ3v) is 5.54. The van der Waals surface area contributed by atoms with Gasteiger partial charge >= 0.3 is 0 Å². The number of halogens is 1. The third kappa shape index (κ3) is 3.35. The van der Waals surface area contributed by atoms with Crippen LogP contribution in [0, 0.1) is 12.7 Å². The second-order valence-electron chi connectivity index (χ2n) is 6.49. The fraction of sp³-hybridized carbons (Fsp3) is 0.263. The van der Waals surface area contributed by atoms with Crippen LogP contribution in [-0.4, -0.2) is 35.2 Å². The summed E-state index contributed by atoms with van der Waals surface area (Å²) in [6.07, 6.45) is 0.835. The zero-order valence-corrected chi connectivity index (χ0v) is 15.1. The van der Waals surface area contributed by atoms with Gasteiger partial charge in [-0.1, -0.05) is 12.1 Å². The molecule has 1 amide bonds. The number of hydrogen-bond donors (Lipinski definition) is 2. The molecule has 1 fully saturated rings. The summed E-state index contributed by atoms with van der Waals surface area (Å²) >= 11 is 1.66. The number of hydrogen-bond acceptors (Lipinski definition) is 4. The van der Waals surface area contributed by atoms with E-state index < -0.39 is 0 Å². The van der Waals surface area contributed by atoms with E-state index in [1.807, 2.05) is 17.5 Å². The molecular formula is C19H19FN4OS. The number of carbonyl (C=O) groups excluding carboxylic acids is 1. The lowest BCUT2D eigenvalue weighted by Crippen LogP contribution is -2.37. The Labute approximate surface area is 154 Å². The van der Waals surface area contributed by atoms with Crippen LogP contribution in [0.4, 0.5) is 10.2 Å². The zero-order valence-electron chi connectivity index (χ0n) is 14.3. The van der Waals surface area contributed by atoms with Crippen LogP contribution in [0.2, 0.25) is 0 Å². The highest BCUT2D eigenvalue weighted by molar-refractivity contribution is 7.13. The van der Waals surface area contributed by atoms with Gasteiger partial charge in [0.05, 0.1) is 10.6 Å². The number of aromatic nitrogens is 2. The monoisotopic (exact) mass is 370 g/mol. The molecule has 2 N–H and O–H groups in total. The molecule has 0 radical (unpaired) electrons. The van der Waals surface area contributed by atoms with E-state index in [1.165, 1.54) is 6.07 Å². The minimum absolute atomic E-state index is 0.0220. The first-order chi connectivity index (χ1) is 12.6. The molecule has 0 aliphatic carbocycles. The van der Waals surface area contributed by atoms with Gasteiger partial charge in [-0.05, 0) is 42.5 Å². The first-order valence-electron chi connectivity index (χ1n) is 8.51. The van der Waals surface area contributed by atoms with Crippen molar-refractivity contribution in [2.45, 2.75) is 19.4 Å². The third-order valence-electron chi connectivity index (χ3n) is 4.63. The van der Waals surface area contributed by atoms with Crippen LogP contribution >= 0.6 is 11.3 Å². The maximum Gasteiger partial charge on any atom is 0.251 e. The second kappa shape index (κ2) is 6.92. The number of nitrogens with zero attached hydrogens (tertiary/aromatic N) is 2. The van der Waals surface area contributed by atoms with E-state index in [2.05, 4.69) is 26.5 Å². The van der Waals surface area contributed by atoms with Gasteiger partial charge in [0.1, 0.15) is 5.82 Å². The topological polar surface area (TPSA) is 61.0 Å². The molecule has 4 rings (SSSR count). The van der Waals surface area contributed by atoms with E-state index in [0.717, 1.165) is 29.4 Å². The Morgan fingerprint density at radius 2 is 2.27 bits per heavy atom. The number of anilines is 1. The molecule has 0 spiro atoms. The van der Waals surface area contributed by atoms with Gasteiger partial charge in [0.25, 0.3) is 5.91 Å². The van der Waals surface area contributed by atoms with Crippen molar-refractivity contribution in [2.75, 3.05) is 18.0 Å². The van der Waals surface area contributed by atoms with Crippen molar-refractivity contribution in [1.82, 2.24) is 15.5 Å². The molecule has 7 heteroatoms. The van der Waals surface area contributed by atoms with Crippen LogP contribution in [0.25, 0.3) is 10.6 Å². The molecule has 2 aromatic heterocycles. The van der Waals surface area contributed by atoms with Gasteiger partial charge in [0.15, 0.2) is 5.82 Å². The minimum atomic E-state index is -0.358. The summed E-state index contributed by atoms with van der Waals surface area (Å²) < 4.78 is 13.7. The highest BCUT2D eigenvalue weighted by Gasteiger charge is 2.26. The molecule has 1 aromatic carbocycles. The fourth-order valence-corrected chi connectivity index (χ4v) is 3.81. The van der Waals surface area contributed by atoms with Crippen molar-refractivity contribution < 1.29 is 9.18 Å². The lowest BCUT2D eigenvalue weighted by molar-refractivity contribution is 0.0940. The van der Waals surface area contributed by atoms with Crippen LogP contribution < -0.4 is 10.2 Å².